The molecule has 0 aliphatic carbocycles. The van der Waals surface area contributed by atoms with Gasteiger partial charge in [-0.05, 0) is 34.2 Å². The highest BCUT2D eigenvalue weighted by atomic mass is 79.9. The lowest BCUT2D eigenvalue weighted by atomic mass is 10.3. The van der Waals surface area contributed by atoms with Crippen LogP contribution in [0.15, 0.2) is 15.5 Å². The smallest absolute Gasteiger partial charge is 0.188 e. The van der Waals surface area contributed by atoms with Crippen molar-refractivity contribution in [3.63, 3.8) is 0 Å². The van der Waals surface area contributed by atoms with Crippen LogP contribution in [0.25, 0.3) is 0 Å². The van der Waals surface area contributed by atoms with Gasteiger partial charge in [-0.1, -0.05) is 0 Å². The predicted molar refractivity (Wildman–Crippen MR) is 48.7 cm³/mol. The number of thiocarbonyl (C=S) groups is 1. The second-order valence-electron chi connectivity index (χ2n) is 2.02. The van der Waals surface area contributed by atoms with Crippen molar-refractivity contribution >= 4 is 39.0 Å². The molecule has 0 amide bonds. The zero-order chi connectivity index (χ0) is 10.0. The maximum atomic E-state index is 13.0. The zero-order valence-corrected chi connectivity index (χ0v) is 8.35. The van der Waals surface area contributed by atoms with E-state index in [1.165, 1.54) is 0 Å². The molecule has 0 unspecified atom stereocenters. The van der Waals surface area contributed by atoms with E-state index in [-0.39, 0.29) is 4.47 Å². The Bertz CT molecular complexity index is 375. The van der Waals surface area contributed by atoms with Gasteiger partial charge in [0.25, 0.3) is 0 Å². The molecule has 68 valence electrons. The van der Waals surface area contributed by atoms with Crippen LogP contribution < -0.4 is 0 Å². The first kappa shape index (κ1) is 10.4. The summed E-state index contributed by atoms with van der Waals surface area (Å²) in [7, 11) is 0. The third-order valence-electron chi connectivity index (χ3n) is 1.25. The average Bonchev–Trinajstić information content (AvgIpc) is 2.09. The predicted octanol–water partition coefficient (Wildman–Crippen LogP) is 3.60. The molecule has 0 heterocycles. The molecule has 1 aromatic rings. The number of isothiocyanates is 1. The van der Waals surface area contributed by atoms with E-state index < -0.39 is 23.1 Å². The molecule has 0 radical (unpaired) electrons. The van der Waals surface area contributed by atoms with Crippen LogP contribution in [-0.4, -0.2) is 5.16 Å². The first-order valence-corrected chi connectivity index (χ1v) is 4.19. The number of rotatable bonds is 1. The molecule has 13 heavy (non-hydrogen) atoms. The molecular formula is C7HBrF3NS. The maximum absolute atomic E-state index is 13.0. The van der Waals surface area contributed by atoms with Crippen molar-refractivity contribution in [2.45, 2.75) is 0 Å². The maximum Gasteiger partial charge on any atom is 0.188 e. The van der Waals surface area contributed by atoms with Gasteiger partial charge in [0.1, 0.15) is 5.69 Å². The van der Waals surface area contributed by atoms with Gasteiger partial charge in [0.05, 0.1) is 9.63 Å². The lowest BCUT2D eigenvalue weighted by Crippen LogP contribution is -1.89. The number of hydrogen-bond acceptors (Lipinski definition) is 2. The molecule has 0 saturated heterocycles. The quantitative estimate of drug-likeness (QED) is 0.430. The van der Waals surface area contributed by atoms with Crippen molar-refractivity contribution in [3.05, 3.63) is 28.0 Å². The van der Waals surface area contributed by atoms with Crippen molar-refractivity contribution < 1.29 is 13.2 Å². The van der Waals surface area contributed by atoms with Crippen molar-refractivity contribution in [1.29, 1.82) is 0 Å². The highest BCUT2D eigenvalue weighted by molar-refractivity contribution is 9.10. The number of halogens is 4. The largest absolute Gasteiger partial charge is 0.204 e. The molecule has 0 N–H and O–H groups in total. The van der Waals surface area contributed by atoms with Crippen LogP contribution in [0.2, 0.25) is 0 Å². The molecule has 0 aliphatic heterocycles. The third kappa shape index (κ3) is 1.96. The van der Waals surface area contributed by atoms with Crippen LogP contribution in [-0.2, 0) is 0 Å². The van der Waals surface area contributed by atoms with Gasteiger partial charge in [0.2, 0.25) is 0 Å². The van der Waals surface area contributed by atoms with Gasteiger partial charge in [-0.15, -0.1) is 0 Å². The number of nitrogens with zero attached hydrogens (tertiary/aromatic N) is 1. The fourth-order valence-electron chi connectivity index (χ4n) is 0.704. The molecule has 0 fully saturated rings. The standard InChI is InChI=1S/C7HBrF3NS/c8-3-1-4(9)6(11)7(5(3)10)12-2-13/h1H. The summed E-state index contributed by atoms with van der Waals surface area (Å²) in [4.78, 5) is 3.07. The Hall–Kier alpha value is -0.710. The van der Waals surface area contributed by atoms with Gasteiger partial charge >= 0.3 is 0 Å². The summed E-state index contributed by atoms with van der Waals surface area (Å²) in [5, 5.41) is 1.76. The Morgan fingerprint density at radius 2 is 1.92 bits per heavy atom. The molecule has 0 bridgehead atoms. The molecule has 0 spiro atoms. The Morgan fingerprint density at radius 3 is 2.46 bits per heavy atom. The topological polar surface area (TPSA) is 12.4 Å². The molecule has 0 saturated carbocycles. The lowest BCUT2D eigenvalue weighted by molar-refractivity contribution is 0.496. The fraction of sp³-hybridized carbons (Fsp3) is 0. The number of benzene rings is 1. The van der Waals surface area contributed by atoms with Gasteiger partial charge in [0.15, 0.2) is 17.5 Å². The van der Waals surface area contributed by atoms with E-state index in [0.29, 0.717) is 6.07 Å². The van der Waals surface area contributed by atoms with E-state index in [1.807, 2.05) is 0 Å². The monoisotopic (exact) mass is 267 g/mol. The highest BCUT2D eigenvalue weighted by Gasteiger charge is 2.16. The van der Waals surface area contributed by atoms with Crippen LogP contribution in [0.1, 0.15) is 0 Å². The molecule has 0 aromatic heterocycles. The Balaban J connectivity index is 3.55. The summed E-state index contributed by atoms with van der Waals surface area (Å²) < 4.78 is 38.2. The van der Waals surface area contributed by atoms with E-state index in [9.17, 15) is 13.2 Å². The van der Waals surface area contributed by atoms with Crippen LogP contribution in [0.3, 0.4) is 0 Å². The highest BCUT2D eigenvalue weighted by Crippen LogP contribution is 2.30. The second-order valence-corrected chi connectivity index (χ2v) is 3.06. The summed E-state index contributed by atoms with van der Waals surface area (Å²) in [6.45, 7) is 0. The van der Waals surface area contributed by atoms with Crippen LogP contribution in [0.5, 0.6) is 0 Å². The first-order chi connectivity index (χ1) is 6.07. The summed E-state index contributed by atoms with van der Waals surface area (Å²) >= 11 is 6.85. The van der Waals surface area contributed by atoms with E-state index in [0.717, 1.165) is 0 Å². The van der Waals surface area contributed by atoms with Gasteiger partial charge in [0, 0.05) is 0 Å². The van der Waals surface area contributed by atoms with Gasteiger partial charge in [-0.2, -0.15) is 4.99 Å². The van der Waals surface area contributed by atoms with Crippen molar-refractivity contribution in [2.75, 3.05) is 0 Å². The van der Waals surface area contributed by atoms with E-state index in [4.69, 9.17) is 0 Å². The van der Waals surface area contributed by atoms with E-state index in [2.05, 4.69) is 33.1 Å². The molecule has 6 heteroatoms. The Kier molecular flexibility index (Phi) is 3.19. The van der Waals surface area contributed by atoms with E-state index in [1.54, 1.807) is 5.16 Å². The minimum absolute atomic E-state index is 0.213. The normalized spacial score (nSPS) is 9.54. The van der Waals surface area contributed by atoms with Gasteiger partial charge in [-0.25, -0.2) is 13.2 Å². The Morgan fingerprint density at radius 1 is 1.31 bits per heavy atom. The summed E-state index contributed by atoms with van der Waals surface area (Å²) in [5.41, 5.74) is -0.776. The van der Waals surface area contributed by atoms with Crippen LogP contribution >= 0.6 is 28.1 Å². The zero-order valence-electron chi connectivity index (χ0n) is 5.94. The molecule has 0 aliphatic rings. The number of hydrogen-bond donors (Lipinski definition) is 0. The van der Waals surface area contributed by atoms with Crippen molar-refractivity contribution in [3.8, 4) is 0 Å². The van der Waals surface area contributed by atoms with Crippen molar-refractivity contribution in [1.82, 2.24) is 0 Å². The van der Waals surface area contributed by atoms with Crippen molar-refractivity contribution in [2.24, 2.45) is 4.99 Å². The minimum Gasteiger partial charge on any atom is -0.204 e. The van der Waals surface area contributed by atoms with Crippen LogP contribution in [0.4, 0.5) is 18.9 Å². The molecule has 1 aromatic carbocycles. The summed E-state index contributed by atoms with van der Waals surface area (Å²) in [6, 6.07) is 0.674. The first-order valence-electron chi connectivity index (χ1n) is 2.98. The molecular weight excluding hydrogens is 267 g/mol. The third-order valence-corrected chi connectivity index (χ3v) is 1.91. The second kappa shape index (κ2) is 4.00. The average molecular weight is 268 g/mol. The molecule has 1 rings (SSSR count). The number of aliphatic imine (C=N–C) groups is 1. The fourth-order valence-corrected chi connectivity index (χ4v) is 1.18. The van der Waals surface area contributed by atoms with Gasteiger partial charge in [-0.3, -0.25) is 0 Å². The molecule has 0 atom stereocenters. The molecule has 1 nitrogen and oxygen atoms in total. The lowest BCUT2D eigenvalue weighted by Gasteiger charge is -2.00. The van der Waals surface area contributed by atoms with Crippen LogP contribution in [0, 0.1) is 17.5 Å². The summed E-state index contributed by atoms with van der Waals surface area (Å²) in [5.74, 6) is -3.58. The summed E-state index contributed by atoms with van der Waals surface area (Å²) in [6.07, 6.45) is 0. The minimum atomic E-state index is -1.38. The van der Waals surface area contributed by atoms with E-state index >= 15 is 0 Å². The van der Waals surface area contributed by atoms with Gasteiger partial charge < -0.3 is 0 Å². The Labute approximate surface area is 85.4 Å². The SMILES string of the molecule is Fc1cc(Br)c(F)c(N=C=S)c1F.